The van der Waals surface area contributed by atoms with Crippen LogP contribution in [0.2, 0.25) is 5.02 Å². The number of nitrogens with zero attached hydrogens (tertiary/aromatic N) is 1. The molecule has 2 rings (SSSR count). The number of halogens is 1. The largest absolute Gasteiger partial charge is 0.311 e. The van der Waals surface area contributed by atoms with E-state index in [1.165, 1.54) is 12.0 Å². The van der Waals surface area contributed by atoms with Crippen LogP contribution in [-0.2, 0) is 6.54 Å². The Morgan fingerprint density at radius 3 is 2.84 bits per heavy atom. The predicted molar refractivity (Wildman–Crippen MR) is 82.6 cm³/mol. The molecular weight excluding hydrogens is 256 g/mol. The zero-order chi connectivity index (χ0) is 13.8. The van der Waals surface area contributed by atoms with Crippen molar-refractivity contribution in [3.05, 3.63) is 34.9 Å². The van der Waals surface area contributed by atoms with Gasteiger partial charge in [-0.05, 0) is 30.0 Å². The van der Waals surface area contributed by atoms with Gasteiger partial charge in [0.05, 0.1) is 0 Å². The van der Waals surface area contributed by atoms with E-state index in [2.05, 4.69) is 43.1 Å². The van der Waals surface area contributed by atoms with Gasteiger partial charge in [0.25, 0.3) is 0 Å². The average Bonchev–Trinajstić information content (AvgIpc) is 2.38. The third-order valence-electron chi connectivity index (χ3n) is 4.11. The molecule has 0 spiro atoms. The molecule has 0 aliphatic carbocycles. The molecule has 1 aromatic carbocycles. The zero-order valence-corrected chi connectivity index (χ0v) is 13.0. The van der Waals surface area contributed by atoms with Crippen LogP contribution >= 0.6 is 11.6 Å². The maximum Gasteiger partial charge on any atom is 0.0409 e. The summed E-state index contributed by atoms with van der Waals surface area (Å²) in [7, 11) is 0. The Morgan fingerprint density at radius 1 is 1.42 bits per heavy atom. The van der Waals surface area contributed by atoms with Crippen LogP contribution in [0, 0.1) is 5.92 Å². The lowest BCUT2D eigenvalue weighted by molar-refractivity contribution is 0.103. The summed E-state index contributed by atoms with van der Waals surface area (Å²) in [6.07, 6.45) is 1.19. The van der Waals surface area contributed by atoms with Crippen molar-refractivity contribution in [1.29, 1.82) is 0 Å². The van der Waals surface area contributed by atoms with E-state index in [4.69, 9.17) is 11.6 Å². The molecule has 0 aromatic heterocycles. The van der Waals surface area contributed by atoms with E-state index >= 15 is 0 Å². The molecule has 0 bridgehead atoms. The molecule has 1 aliphatic heterocycles. The van der Waals surface area contributed by atoms with E-state index in [-0.39, 0.29) is 0 Å². The zero-order valence-electron chi connectivity index (χ0n) is 12.2. The van der Waals surface area contributed by atoms with Crippen molar-refractivity contribution < 1.29 is 0 Å². The standard InChI is InChI=1S/C16H25ClN2/c1-4-15-9-18-16(12(2)3)11-19(15)10-13-6-5-7-14(17)8-13/h5-8,12,15-16,18H,4,9-11H2,1-3H3. The maximum absolute atomic E-state index is 6.08. The van der Waals surface area contributed by atoms with Gasteiger partial charge in [0.15, 0.2) is 0 Å². The summed E-state index contributed by atoms with van der Waals surface area (Å²) in [5, 5.41) is 4.51. The van der Waals surface area contributed by atoms with E-state index in [0.717, 1.165) is 24.7 Å². The molecule has 1 fully saturated rings. The van der Waals surface area contributed by atoms with E-state index in [0.29, 0.717) is 18.0 Å². The first-order valence-electron chi connectivity index (χ1n) is 7.32. The second-order valence-electron chi connectivity index (χ2n) is 5.88. The van der Waals surface area contributed by atoms with Crippen molar-refractivity contribution in [1.82, 2.24) is 10.2 Å². The number of rotatable bonds is 4. The van der Waals surface area contributed by atoms with Crippen molar-refractivity contribution in [2.24, 2.45) is 5.92 Å². The minimum absolute atomic E-state index is 0.599. The fraction of sp³-hybridized carbons (Fsp3) is 0.625. The number of hydrogen-bond donors (Lipinski definition) is 1. The van der Waals surface area contributed by atoms with Crippen molar-refractivity contribution in [2.45, 2.75) is 45.8 Å². The van der Waals surface area contributed by atoms with Gasteiger partial charge in [-0.2, -0.15) is 0 Å². The van der Waals surface area contributed by atoms with E-state index in [9.17, 15) is 0 Å². The summed E-state index contributed by atoms with van der Waals surface area (Å²) in [5.74, 6) is 0.680. The lowest BCUT2D eigenvalue weighted by atomic mass is 9.98. The maximum atomic E-state index is 6.08. The Bertz CT molecular complexity index is 405. The smallest absolute Gasteiger partial charge is 0.0409 e. The van der Waals surface area contributed by atoms with Crippen molar-refractivity contribution in [3.63, 3.8) is 0 Å². The predicted octanol–water partition coefficient (Wildman–Crippen LogP) is 3.55. The van der Waals surface area contributed by atoms with E-state index in [1.54, 1.807) is 0 Å². The van der Waals surface area contributed by atoms with Crippen LogP contribution < -0.4 is 5.32 Å². The number of benzene rings is 1. The van der Waals surface area contributed by atoms with Crippen LogP contribution in [0.15, 0.2) is 24.3 Å². The van der Waals surface area contributed by atoms with Gasteiger partial charge < -0.3 is 5.32 Å². The lowest BCUT2D eigenvalue weighted by Gasteiger charge is -2.41. The first-order chi connectivity index (χ1) is 9.10. The highest BCUT2D eigenvalue weighted by Gasteiger charge is 2.28. The molecule has 2 atom stereocenters. The summed E-state index contributed by atoms with van der Waals surface area (Å²) in [4.78, 5) is 2.60. The highest BCUT2D eigenvalue weighted by Crippen LogP contribution is 2.19. The summed E-state index contributed by atoms with van der Waals surface area (Å²) < 4.78 is 0. The Kier molecular flexibility index (Phi) is 5.26. The number of nitrogens with one attached hydrogen (secondary N) is 1. The molecule has 0 amide bonds. The van der Waals surface area contributed by atoms with Gasteiger partial charge in [0.2, 0.25) is 0 Å². The molecule has 1 saturated heterocycles. The first kappa shape index (κ1) is 14.8. The van der Waals surface area contributed by atoms with Gasteiger partial charge >= 0.3 is 0 Å². The first-order valence-corrected chi connectivity index (χ1v) is 7.69. The third kappa shape index (κ3) is 3.95. The molecule has 106 valence electrons. The normalized spacial score (nSPS) is 24.9. The fourth-order valence-electron chi connectivity index (χ4n) is 2.80. The van der Waals surface area contributed by atoms with Gasteiger partial charge in [-0.15, -0.1) is 0 Å². The molecule has 2 unspecified atom stereocenters. The summed E-state index contributed by atoms with van der Waals surface area (Å²) in [6, 6.07) is 9.47. The number of piperazine rings is 1. The van der Waals surface area contributed by atoms with Gasteiger partial charge in [0, 0.05) is 36.7 Å². The molecule has 3 heteroatoms. The molecule has 1 heterocycles. The molecule has 19 heavy (non-hydrogen) atoms. The van der Waals surface area contributed by atoms with Crippen molar-refractivity contribution in [3.8, 4) is 0 Å². The van der Waals surface area contributed by atoms with Gasteiger partial charge in [-0.3, -0.25) is 4.90 Å². The fourth-order valence-corrected chi connectivity index (χ4v) is 3.01. The van der Waals surface area contributed by atoms with Gasteiger partial charge in [-0.25, -0.2) is 0 Å². The second-order valence-corrected chi connectivity index (χ2v) is 6.32. The van der Waals surface area contributed by atoms with E-state index < -0.39 is 0 Å². The van der Waals surface area contributed by atoms with Crippen LogP contribution in [0.5, 0.6) is 0 Å². The van der Waals surface area contributed by atoms with Crippen LogP contribution in [0.1, 0.15) is 32.8 Å². The minimum Gasteiger partial charge on any atom is -0.311 e. The molecule has 1 aromatic rings. The summed E-state index contributed by atoms with van der Waals surface area (Å²) in [6.45, 7) is 10.1. The minimum atomic E-state index is 0.599. The van der Waals surface area contributed by atoms with Crippen LogP contribution in [-0.4, -0.2) is 30.1 Å². The van der Waals surface area contributed by atoms with Crippen LogP contribution in [0.25, 0.3) is 0 Å². The highest BCUT2D eigenvalue weighted by atomic mass is 35.5. The van der Waals surface area contributed by atoms with E-state index in [1.807, 2.05) is 12.1 Å². The molecule has 0 saturated carbocycles. The average molecular weight is 281 g/mol. The Balaban J connectivity index is 2.06. The highest BCUT2D eigenvalue weighted by molar-refractivity contribution is 6.30. The Labute approximate surface area is 122 Å². The number of hydrogen-bond acceptors (Lipinski definition) is 2. The molecule has 1 N–H and O–H groups in total. The molecular formula is C16H25ClN2. The van der Waals surface area contributed by atoms with Gasteiger partial charge in [0.1, 0.15) is 0 Å². The van der Waals surface area contributed by atoms with Crippen LogP contribution in [0.3, 0.4) is 0 Å². The Hall–Kier alpha value is -0.570. The second kappa shape index (κ2) is 6.74. The van der Waals surface area contributed by atoms with Crippen molar-refractivity contribution >= 4 is 11.6 Å². The van der Waals surface area contributed by atoms with Gasteiger partial charge in [-0.1, -0.05) is 44.5 Å². The molecule has 2 nitrogen and oxygen atoms in total. The van der Waals surface area contributed by atoms with Crippen LogP contribution in [0.4, 0.5) is 0 Å². The lowest BCUT2D eigenvalue weighted by Crippen LogP contribution is -2.57. The molecule has 0 radical (unpaired) electrons. The summed E-state index contributed by atoms with van der Waals surface area (Å²) in [5.41, 5.74) is 1.32. The monoisotopic (exact) mass is 280 g/mol. The SMILES string of the molecule is CCC1CNC(C(C)C)CN1Cc1cccc(Cl)c1. The quantitative estimate of drug-likeness (QED) is 0.907. The topological polar surface area (TPSA) is 15.3 Å². The molecule has 1 aliphatic rings. The summed E-state index contributed by atoms with van der Waals surface area (Å²) >= 11 is 6.08. The Morgan fingerprint density at radius 2 is 2.21 bits per heavy atom. The third-order valence-corrected chi connectivity index (χ3v) is 4.35. The van der Waals surface area contributed by atoms with Crippen molar-refractivity contribution in [2.75, 3.05) is 13.1 Å².